The van der Waals surface area contributed by atoms with Gasteiger partial charge in [0.05, 0.1) is 0 Å². The predicted molar refractivity (Wildman–Crippen MR) is 37.5 cm³/mol. The molecule has 0 rings (SSSR count). The molecular formula is C8H12. The smallest absolute Gasteiger partial charge is 0.0272 e. The summed E-state index contributed by atoms with van der Waals surface area (Å²) in [5, 5.41) is 0. The van der Waals surface area contributed by atoms with Crippen molar-refractivity contribution in [1.82, 2.24) is 0 Å². The summed E-state index contributed by atoms with van der Waals surface area (Å²) in [4.78, 5) is 0. The highest BCUT2D eigenvalue weighted by atomic mass is 13.8. The Morgan fingerprint density at radius 1 is 1.50 bits per heavy atom. The molecule has 0 atom stereocenters. The summed E-state index contributed by atoms with van der Waals surface area (Å²) >= 11 is 0. The second kappa shape index (κ2) is 4.46. The van der Waals surface area contributed by atoms with Crippen molar-refractivity contribution in [2.45, 2.75) is 27.2 Å². The van der Waals surface area contributed by atoms with Crippen LogP contribution in [0, 0.1) is 11.8 Å². The quantitative estimate of drug-likeness (QED) is 0.357. The van der Waals surface area contributed by atoms with Crippen LogP contribution in [0.25, 0.3) is 0 Å². The fraction of sp³-hybridized carbons (Fsp3) is 0.500. The Bertz CT molecular complexity index is 126. The Balaban J connectivity index is 3.40. The van der Waals surface area contributed by atoms with Crippen molar-refractivity contribution < 1.29 is 0 Å². The monoisotopic (exact) mass is 108 g/mol. The summed E-state index contributed by atoms with van der Waals surface area (Å²) in [5.41, 5.74) is 1.34. The zero-order chi connectivity index (χ0) is 6.41. The molecule has 0 aliphatic rings. The molecule has 8 heavy (non-hydrogen) atoms. The van der Waals surface area contributed by atoms with Gasteiger partial charge in [-0.25, -0.2) is 0 Å². The average Bonchev–Trinajstić information content (AvgIpc) is 1.66. The van der Waals surface area contributed by atoms with E-state index in [1.807, 2.05) is 6.92 Å². The highest BCUT2D eigenvalue weighted by Gasteiger charge is 1.70. The summed E-state index contributed by atoms with van der Waals surface area (Å²) in [5.74, 6) is 5.78. The maximum atomic E-state index is 2.95. The first-order valence-corrected chi connectivity index (χ1v) is 2.80. The van der Waals surface area contributed by atoms with Crippen LogP contribution in [0.3, 0.4) is 0 Å². The SMILES string of the molecule is CC#CCC=C(C)C. The van der Waals surface area contributed by atoms with Gasteiger partial charge in [0.25, 0.3) is 0 Å². The normalized spacial score (nSPS) is 6.88. The van der Waals surface area contributed by atoms with E-state index in [2.05, 4.69) is 31.8 Å². The van der Waals surface area contributed by atoms with Crippen molar-refractivity contribution >= 4 is 0 Å². The van der Waals surface area contributed by atoms with Crippen molar-refractivity contribution in [3.8, 4) is 11.8 Å². The van der Waals surface area contributed by atoms with Crippen molar-refractivity contribution in [2.24, 2.45) is 0 Å². The minimum absolute atomic E-state index is 0.902. The molecule has 0 radical (unpaired) electrons. The second-order valence-electron chi connectivity index (χ2n) is 1.91. The first-order chi connectivity index (χ1) is 3.77. The van der Waals surface area contributed by atoms with Crippen LogP contribution in [0.15, 0.2) is 11.6 Å². The third-order valence-corrected chi connectivity index (χ3v) is 0.789. The Labute approximate surface area is 51.6 Å². The predicted octanol–water partition coefficient (Wildman–Crippen LogP) is 2.37. The third kappa shape index (κ3) is 5.30. The molecule has 0 saturated heterocycles. The van der Waals surface area contributed by atoms with Gasteiger partial charge in [0, 0.05) is 6.42 Å². The number of allylic oxidation sites excluding steroid dienone is 2. The van der Waals surface area contributed by atoms with E-state index in [0.29, 0.717) is 0 Å². The van der Waals surface area contributed by atoms with Crippen LogP contribution in [0.4, 0.5) is 0 Å². The van der Waals surface area contributed by atoms with E-state index in [9.17, 15) is 0 Å². The van der Waals surface area contributed by atoms with E-state index in [1.165, 1.54) is 5.57 Å². The highest BCUT2D eigenvalue weighted by Crippen LogP contribution is 1.89. The fourth-order valence-electron chi connectivity index (χ4n) is 0.357. The standard InChI is InChI=1S/C8H12/c1-4-5-6-7-8(2)3/h7H,6H2,1-3H3. The molecule has 0 aliphatic heterocycles. The minimum atomic E-state index is 0.902. The molecule has 0 amide bonds. The molecule has 0 N–H and O–H groups in total. The summed E-state index contributed by atoms with van der Waals surface area (Å²) in [6.45, 7) is 6.02. The van der Waals surface area contributed by atoms with Gasteiger partial charge in [0.2, 0.25) is 0 Å². The van der Waals surface area contributed by atoms with Crippen molar-refractivity contribution in [2.75, 3.05) is 0 Å². The lowest BCUT2D eigenvalue weighted by molar-refractivity contribution is 1.31. The first-order valence-electron chi connectivity index (χ1n) is 2.80. The van der Waals surface area contributed by atoms with E-state index in [1.54, 1.807) is 0 Å². The largest absolute Gasteiger partial charge is 0.106 e. The number of hydrogen-bond acceptors (Lipinski definition) is 0. The maximum absolute atomic E-state index is 2.95. The van der Waals surface area contributed by atoms with Gasteiger partial charge in [-0.15, -0.1) is 5.92 Å². The molecule has 0 heteroatoms. The summed E-state index contributed by atoms with van der Waals surface area (Å²) in [6.07, 6.45) is 3.02. The molecule has 0 spiro atoms. The molecule has 0 heterocycles. The highest BCUT2D eigenvalue weighted by molar-refractivity contribution is 5.05. The van der Waals surface area contributed by atoms with Gasteiger partial charge in [0.15, 0.2) is 0 Å². The van der Waals surface area contributed by atoms with Crippen molar-refractivity contribution in [3.63, 3.8) is 0 Å². The lowest BCUT2D eigenvalue weighted by Crippen LogP contribution is -1.62. The summed E-state index contributed by atoms with van der Waals surface area (Å²) < 4.78 is 0. The first kappa shape index (κ1) is 7.30. The Morgan fingerprint density at radius 3 is 2.50 bits per heavy atom. The summed E-state index contributed by atoms with van der Waals surface area (Å²) in [6, 6.07) is 0. The zero-order valence-electron chi connectivity index (χ0n) is 5.78. The molecular weight excluding hydrogens is 96.1 g/mol. The zero-order valence-corrected chi connectivity index (χ0v) is 5.78. The van der Waals surface area contributed by atoms with Crippen LogP contribution >= 0.6 is 0 Å². The molecule has 0 fully saturated rings. The van der Waals surface area contributed by atoms with Crippen LogP contribution in [0.1, 0.15) is 27.2 Å². The van der Waals surface area contributed by atoms with Crippen LogP contribution in [0.5, 0.6) is 0 Å². The fourth-order valence-corrected chi connectivity index (χ4v) is 0.357. The molecule has 0 bridgehead atoms. The Morgan fingerprint density at radius 2 is 2.12 bits per heavy atom. The molecule has 0 aromatic heterocycles. The van der Waals surface area contributed by atoms with Crippen molar-refractivity contribution in [3.05, 3.63) is 11.6 Å². The Kier molecular flexibility index (Phi) is 4.07. The van der Waals surface area contributed by atoms with Crippen LogP contribution in [0.2, 0.25) is 0 Å². The van der Waals surface area contributed by atoms with Gasteiger partial charge in [-0.3, -0.25) is 0 Å². The van der Waals surface area contributed by atoms with Gasteiger partial charge in [-0.05, 0) is 20.8 Å². The maximum Gasteiger partial charge on any atom is 0.0272 e. The molecule has 44 valence electrons. The number of rotatable bonds is 1. The van der Waals surface area contributed by atoms with Gasteiger partial charge < -0.3 is 0 Å². The van der Waals surface area contributed by atoms with Gasteiger partial charge in [-0.1, -0.05) is 17.6 Å². The van der Waals surface area contributed by atoms with Crippen LogP contribution in [-0.2, 0) is 0 Å². The minimum Gasteiger partial charge on any atom is -0.106 e. The second-order valence-corrected chi connectivity index (χ2v) is 1.91. The van der Waals surface area contributed by atoms with Gasteiger partial charge in [0.1, 0.15) is 0 Å². The third-order valence-electron chi connectivity index (χ3n) is 0.789. The molecule has 0 nitrogen and oxygen atoms in total. The van der Waals surface area contributed by atoms with Crippen LogP contribution < -0.4 is 0 Å². The lowest BCUT2D eigenvalue weighted by atomic mass is 10.3. The van der Waals surface area contributed by atoms with E-state index in [4.69, 9.17) is 0 Å². The van der Waals surface area contributed by atoms with Gasteiger partial charge in [-0.2, -0.15) is 0 Å². The molecule has 0 aromatic rings. The average molecular weight is 108 g/mol. The molecule has 0 unspecified atom stereocenters. The van der Waals surface area contributed by atoms with Crippen molar-refractivity contribution in [1.29, 1.82) is 0 Å². The summed E-state index contributed by atoms with van der Waals surface area (Å²) in [7, 11) is 0. The van der Waals surface area contributed by atoms with E-state index < -0.39 is 0 Å². The number of hydrogen-bond donors (Lipinski definition) is 0. The molecule has 0 saturated carbocycles. The van der Waals surface area contributed by atoms with E-state index in [0.717, 1.165) is 6.42 Å². The molecule has 0 aliphatic carbocycles. The van der Waals surface area contributed by atoms with Crippen LogP contribution in [-0.4, -0.2) is 0 Å². The van der Waals surface area contributed by atoms with Gasteiger partial charge >= 0.3 is 0 Å². The van der Waals surface area contributed by atoms with E-state index in [-0.39, 0.29) is 0 Å². The Hall–Kier alpha value is -0.700. The van der Waals surface area contributed by atoms with E-state index >= 15 is 0 Å². The molecule has 0 aromatic carbocycles. The topological polar surface area (TPSA) is 0 Å². The lowest BCUT2D eigenvalue weighted by Gasteiger charge is -1.81.